The zero-order valence-electron chi connectivity index (χ0n) is 12.2. The highest BCUT2D eigenvalue weighted by atomic mass is 14.8. The highest BCUT2D eigenvalue weighted by molar-refractivity contribution is 5.39. The van der Waals surface area contributed by atoms with Gasteiger partial charge in [-0.1, -0.05) is 56.9 Å². The number of hydrogen-bond acceptors (Lipinski definition) is 1. The van der Waals surface area contributed by atoms with Gasteiger partial charge in [0.25, 0.3) is 0 Å². The molecule has 1 nitrogen and oxygen atoms in total. The summed E-state index contributed by atoms with van der Waals surface area (Å²) in [6.45, 7) is 2.35. The minimum Gasteiger partial charge on any atom is -0.321 e. The quantitative estimate of drug-likeness (QED) is 0.724. The second kappa shape index (κ2) is 5.28. The molecule has 0 radical (unpaired) electrons. The molecule has 1 fully saturated rings. The van der Waals surface area contributed by atoms with Crippen LogP contribution in [-0.4, -0.2) is 0 Å². The van der Waals surface area contributed by atoms with Crippen LogP contribution in [0, 0.1) is 5.92 Å². The first kappa shape index (κ1) is 13.2. The van der Waals surface area contributed by atoms with Crippen LogP contribution in [0.25, 0.3) is 0 Å². The summed E-state index contributed by atoms with van der Waals surface area (Å²) < 4.78 is 0. The molecule has 1 heteroatoms. The number of benzene rings is 1. The van der Waals surface area contributed by atoms with E-state index in [2.05, 4.69) is 31.2 Å². The Morgan fingerprint density at radius 2 is 1.68 bits per heavy atom. The molecule has 0 amide bonds. The van der Waals surface area contributed by atoms with E-state index < -0.39 is 0 Å². The second-order valence-corrected chi connectivity index (χ2v) is 6.76. The van der Waals surface area contributed by atoms with Crippen LogP contribution in [0.4, 0.5) is 0 Å². The normalized spacial score (nSPS) is 32.6. The maximum absolute atomic E-state index is 6.98. The van der Waals surface area contributed by atoms with Crippen LogP contribution in [0.15, 0.2) is 24.3 Å². The molecule has 1 saturated carbocycles. The van der Waals surface area contributed by atoms with E-state index in [1.807, 2.05) is 0 Å². The average molecular weight is 257 g/mol. The van der Waals surface area contributed by atoms with Gasteiger partial charge in [0.15, 0.2) is 0 Å². The van der Waals surface area contributed by atoms with Crippen molar-refractivity contribution in [2.24, 2.45) is 11.7 Å². The molecule has 1 aromatic rings. The third kappa shape index (κ3) is 2.33. The zero-order valence-corrected chi connectivity index (χ0v) is 12.2. The van der Waals surface area contributed by atoms with Gasteiger partial charge in [0.1, 0.15) is 0 Å². The highest BCUT2D eigenvalue weighted by Crippen LogP contribution is 2.47. The van der Waals surface area contributed by atoms with Crippen molar-refractivity contribution >= 4 is 0 Å². The minimum absolute atomic E-state index is 0.0482. The van der Waals surface area contributed by atoms with Crippen LogP contribution >= 0.6 is 0 Å². The van der Waals surface area contributed by atoms with Gasteiger partial charge in [0.05, 0.1) is 0 Å². The minimum atomic E-state index is -0.0482. The molecule has 104 valence electrons. The molecule has 0 bridgehead atoms. The van der Waals surface area contributed by atoms with Gasteiger partial charge in [-0.15, -0.1) is 0 Å². The van der Waals surface area contributed by atoms with Crippen LogP contribution in [0.5, 0.6) is 0 Å². The Labute approximate surface area is 117 Å². The predicted octanol–water partition coefficient (Wildman–Crippen LogP) is 4.71. The molecule has 0 aromatic heterocycles. The fourth-order valence-electron chi connectivity index (χ4n) is 4.31. The Morgan fingerprint density at radius 3 is 2.42 bits per heavy atom. The second-order valence-electron chi connectivity index (χ2n) is 6.76. The van der Waals surface area contributed by atoms with Crippen molar-refractivity contribution in [3.8, 4) is 0 Å². The van der Waals surface area contributed by atoms with Crippen LogP contribution in [0.1, 0.15) is 75.3 Å². The van der Waals surface area contributed by atoms with E-state index in [1.165, 1.54) is 62.5 Å². The topological polar surface area (TPSA) is 26.0 Å². The van der Waals surface area contributed by atoms with Crippen molar-refractivity contribution in [3.05, 3.63) is 35.4 Å². The van der Waals surface area contributed by atoms with E-state index in [4.69, 9.17) is 5.73 Å². The molecular formula is C18H27N. The molecule has 2 atom stereocenters. The van der Waals surface area contributed by atoms with Crippen LogP contribution in [0.2, 0.25) is 0 Å². The van der Waals surface area contributed by atoms with Gasteiger partial charge in [-0.05, 0) is 48.6 Å². The fraction of sp³-hybridized carbons (Fsp3) is 0.667. The average Bonchev–Trinajstić information content (AvgIpc) is 2.73. The third-order valence-electron chi connectivity index (χ3n) is 5.57. The number of fused-ring (bicyclic) bond motifs is 1. The summed E-state index contributed by atoms with van der Waals surface area (Å²) >= 11 is 0. The summed E-state index contributed by atoms with van der Waals surface area (Å²) in [5.41, 5.74) is 9.90. The van der Waals surface area contributed by atoms with E-state index in [-0.39, 0.29) is 5.54 Å². The summed E-state index contributed by atoms with van der Waals surface area (Å²) in [7, 11) is 0. The fourth-order valence-corrected chi connectivity index (χ4v) is 4.31. The van der Waals surface area contributed by atoms with Gasteiger partial charge in [0, 0.05) is 5.54 Å². The first-order valence-electron chi connectivity index (χ1n) is 8.10. The summed E-state index contributed by atoms with van der Waals surface area (Å²) in [4.78, 5) is 0. The lowest BCUT2D eigenvalue weighted by Crippen LogP contribution is -2.47. The van der Waals surface area contributed by atoms with Gasteiger partial charge in [-0.3, -0.25) is 0 Å². The molecule has 2 aliphatic rings. The molecule has 0 aliphatic heterocycles. The summed E-state index contributed by atoms with van der Waals surface area (Å²) in [6.07, 6.45) is 10.7. The largest absolute Gasteiger partial charge is 0.321 e. The van der Waals surface area contributed by atoms with Gasteiger partial charge >= 0.3 is 0 Å². The van der Waals surface area contributed by atoms with Gasteiger partial charge in [-0.25, -0.2) is 0 Å². The molecule has 0 spiro atoms. The predicted molar refractivity (Wildman–Crippen MR) is 81.1 cm³/mol. The molecule has 2 aliphatic carbocycles. The van der Waals surface area contributed by atoms with Gasteiger partial charge < -0.3 is 5.73 Å². The van der Waals surface area contributed by atoms with Gasteiger partial charge in [-0.2, -0.15) is 0 Å². The molecule has 2 N–H and O–H groups in total. The number of hydrogen-bond donors (Lipinski definition) is 1. The molecule has 1 aromatic carbocycles. The molecule has 0 saturated heterocycles. The summed E-state index contributed by atoms with van der Waals surface area (Å²) in [6, 6.07) is 8.96. The van der Waals surface area contributed by atoms with Crippen LogP contribution < -0.4 is 5.73 Å². The van der Waals surface area contributed by atoms with E-state index in [0.717, 1.165) is 0 Å². The summed E-state index contributed by atoms with van der Waals surface area (Å²) in [5, 5.41) is 0. The number of rotatable bonds is 1. The highest BCUT2D eigenvalue weighted by Gasteiger charge is 2.41. The van der Waals surface area contributed by atoms with Crippen LogP contribution in [0.3, 0.4) is 0 Å². The van der Waals surface area contributed by atoms with Crippen LogP contribution in [-0.2, 0) is 5.54 Å². The zero-order chi connectivity index (χ0) is 13.3. The molecular weight excluding hydrogens is 230 g/mol. The lowest BCUT2D eigenvalue weighted by atomic mass is 9.65. The first-order chi connectivity index (χ1) is 9.22. The Balaban J connectivity index is 1.97. The lowest BCUT2D eigenvalue weighted by Gasteiger charge is -2.44. The monoisotopic (exact) mass is 257 g/mol. The Bertz CT molecular complexity index is 431. The third-order valence-corrected chi connectivity index (χ3v) is 5.57. The van der Waals surface area contributed by atoms with Gasteiger partial charge in [0.2, 0.25) is 0 Å². The summed E-state index contributed by atoms with van der Waals surface area (Å²) in [5.74, 6) is 1.38. The maximum Gasteiger partial charge on any atom is 0.0441 e. The van der Waals surface area contributed by atoms with Crippen molar-refractivity contribution in [2.45, 2.75) is 69.7 Å². The smallest absolute Gasteiger partial charge is 0.0441 e. The van der Waals surface area contributed by atoms with Crippen molar-refractivity contribution in [3.63, 3.8) is 0 Å². The maximum atomic E-state index is 6.98. The molecule has 3 rings (SSSR count). The Kier molecular flexibility index (Phi) is 3.66. The van der Waals surface area contributed by atoms with E-state index in [0.29, 0.717) is 11.8 Å². The molecule has 2 unspecified atom stereocenters. The Hall–Kier alpha value is -0.820. The van der Waals surface area contributed by atoms with E-state index in [1.54, 1.807) is 0 Å². The lowest BCUT2D eigenvalue weighted by molar-refractivity contribution is 0.206. The van der Waals surface area contributed by atoms with E-state index >= 15 is 0 Å². The molecule has 19 heavy (non-hydrogen) atoms. The van der Waals surface area contributed by atoms with E-state index in [9.17, 15) is 0 Å². The van der Waals surface area contributed by atoms with Crippen molar-refractivity contribution in [2.75, 3.05) is 0 Å². The van der Waals surface area contributed by atoms with Crippen molar-refractivity contribution in [1.29, 1.82) is 0 Å². The Morgan fingerprint density at radius 1 is 1.00 bits per heavy atom. The van der Waals surface area contributed by atoms with Crippen molar-refractivity contribution in [1.82, 2.24) is 0 Å². The SMILES string of the molecule is CC1CCC(N)(C2CCCCCC2)c2ccccc21. The first-order valence-corrected chi connectivity index (χ1v) is 8.10. The molecule has 0 heterocycles. The number of nitrogens with two attached hydrogens (primary N) is 1. The standard InChI is InChI=1S/C18H27N/c1-14-12-13-18(19,15-8-4-2-3-5-9-15)17-11-7-6-10-16(14)17/h6-7,10-11,14-15H,2-5,8-9,12-13,19H2,1H3. The van der Waals surface area contributed by atoms with Crippen molar-refractivity contribution < 1.29 is 0 Å².